The summed E-state index contributed by atoms with van der Waals surface area (Å²) in [6.07, 6.45) is 0.913. The van der Waals surface area contributed by atoms with E-state index in [2.05, 4.69) is 10.6 Å². The van der Waals surface area contributed by atoms with Gasteiger partial charge in [0, 0.05) is 50.4 Å². The first-order chi connectivity index (χ1) is 18.9. The smallest absolute Gasteiger partial charge is 0.229 e. The fraction of sp³-hybridized carbons (Fsp3) is 0.448. The lowest BCUT2D eigenvalue weighted by atomic mass is 10.1. The van der Waals surface area contributed by atoms with Crippen LogP contribution in [0.4, 0.5) is 11.4 Å². The van der Waals surface area contributed by atoms with E-state index in [0.717, 1.165) is 11.5 Å². The predicted molar refractivity (Wildman–Crippen MR) is 146 cm³/mol. The van der Waals surface area contributed by atoms with Crippen molar-refractivity contribution in [2.45, 2.75) is 33.1 Å². The Hall–Kier alpha value is -4.08. The molecule has 2 aliphatic heterocycles. The molecule has 2 atom stereocenters. The van der Waals surface area contributed by atoms with Crippen molar-refractivity contribution in [1.29, 1.82) is 0 Å². The minimum absolute atomic E-state index is 0.0674. The number of anilines is 2. The van der Waals surface area contributed by atoms with Gasteiger partial charge in [-0.3, -0.25) is 19.2 Å². The molecule has 2 N–H and O–H groups in total. The lowest BCUT2D eigenvalue weighted by Crippen LogP contribution is -2.33. The van der Waals surface area contributed by atoms with Gasteiger partial charge in [-0.25, -0.2) is 0 Å². The number of hydrogen-bond acceptors (Lipinski definition) is 6. The quantitative estimate of drug-likeness (QED) is 0.431. The minimum Gasteiger partial charge on any atom is -0.494 e. The average molecular weight is 537 g/mol. The van der Waals surface area contributed by atoms with Crippen LogP contribution in [0.25, 0.3) is 0 Å². The maximum Gasteiger partial charge on any atom is 0.229 e. The fourth-order valence-corrected chi connectivity index (χ4v) is 4.87. The maximum absolute atomic E-state index is 12.7. The molecule has 2 heterocycles. The van der Waals surface area contributed by atoms with Crippen LogP contribution in [0.2, 0.25) is 0 Å². The largest absolute Gasteiger partial charge is 0.494 e. The fourth-order valence-electron chi connectivity index (χ4n) is 4.87. The Morgan fingerprint density at radius 1 is 0.718 bits per heavy atom. The highest BCUT2D eigenvalue weighted by molar-refractivity contribution is 5.98. The molecule has 208 valence electrons. The van der Waals surface area contributed by atoms with Gasteiger partial charge in [-0.2, -0.15) is 0 Å². The standard InChI is InChI=1S/C29H36N4O6/c1-3-38-24-10-6-22(7-11-24)30-28(36)20-16-26(34)32(18-20)14-5-15-33-19-21(17-27(33)35)29(37)31-23-8-12-25(13-9-23)39-4-2/h6-13,20-21H,3-5,14-19H2,1-2H3,(H,30,36)(H,31,37). The van der Waals surface area contributed by atoms with Crippen LogP contribution in [-0.2, 0) is 19.2 Å². The van der Waals surface area contributed by atoms with E-state index in [0.29, 0.717) is 57.2 Å². The molecule has 2 aromatic rings. The summed E-state index contributed by atoms with van der Waals surface area (Å²) in [5.74, 6) is 0.102. The Morgan fingerprint density at radius 2 is 1.10 bits per heavy atom. The number of carbonyl (C=O) groups excluding carboxylic acids is 4. The second-order valence-electron chi connectivity index (χ2n) is 9.73. The molecule has 2 saturated heterocycles. The number of nitrogens with zero attached hydrogens (tertiary/aromatic N) is 2. The molecular formula is C29H36N4O6. The third-order valence-electron chi connectivity index (χ3n) is 6.89. The first kappa shape index (κ1) is 27.9. The van der Waals surface area contributed by atoms with Gasteiger partial charge in [-0.15, -0.1) is 0 Å². The molecular weight excluding hydrogens is 500 g/mol. The van der Waals surface area contributed by atoms with Gasteiger partial charge in [0.1, 0.15) is 11.5 Å². The number of rotatable bonds is 12. The molecule has 2 aliphatic rings. The topological polar surface area (TPSA) is 117 Å². The summed E-state index contributed by atoms with van der Waals surface area (Å²) in [6.45, 7) is 6.56. The normalized spacial score (nSPS) is 18.8. The summed E-state index contributed by atoms with van der Waals surface area (Å²) in [4.78, 5) is 53.8. The second-order valence-corrected chi connectivity index (χ2v) is 9.73. The molecule has 2 fully saturated rings. The molecule has 4 amide bonds. The molecule has 0 saturated carbocycles. The van der Waals surface area contributed by atoms with E-state index in [1.807, 2.05) is 13.8 Å². The van der Waals surface area contributed by atoms with Gasteiger partial charge in [0.05, 0.1) is 25.0 Å². The van der Waals surface area contributed by atoms with Crippen LogP contribution < -0.4 is 20.1 Å². The average Bonchev–Trinajstić information content (AvgIpc) is 3.49. The van der Waals surface area contributed by atoms with Crippen molar-refractivity contribution >= 4 is 35.0 Å². The molecule has 4 rings (SSSR count). The van der Waals surface area contributed by atoms with Gasteiger partial charge < -0.3 is 29.9 Å². The van der Waals surface area contributed by atoms with Crippen LogP contribution in [0.5, 0.6) is 11.5 Å². The van der Waals surface area contributed by atoms with Gasteiger partial charge in [0.15, 0.2) is 0 Å². The predicted octanol–water partition coefficient (Wildman–Crippen LogP) is 3.15. The van der Waals surface area contributed by atoms with E-state index >= 15 is 0 Å². The van der Waals surface area contributed by atoms with E-state index in [4.69, 9.17) is 9.47 Å². The lowest BCUT2D eigenvalue weighted by Gasteiger charge is -2.20. The van der Waals surface area contributed by atoms with Crippen LogP contribution in [0.3, 0.4) is 0 Å². The van der Waals surface area contributed by atoms with Crippen molar-refractivity contribution in [2.24, 2.45) is 11.8 Å². The molecule has 0 aliphatic carbocycles. The third-order valence-corrected chi connectivity index (χ3v) is 6.89. The summed E-state index contributed by atoms with van der Waals surface area (Å²) < 4.78 is 10.8. The highest BCUT2D eigenvalue weighted by Crippen LogP contribution is 2.24. The van der Waals surface area contributed by atoms with Crippen molar-refractivity contribution in [3.05, 3.63) is 48.5 Å². The van der Waals surface area contributed by atoms with Crippen LogP contribution in [0, 0.1) is 11.8 Å². The zero-order valence-corrected chi connectivity index (χ0v) is 22.5. The number of nitrogens with one attached hydrogen (secondary N) is 2. The molecule has 0 radical (unpaired) electrons. The Kier molecular flexibility index (Phi) is 9.40. The monoisotopic (exact) mass is 536 g/mol. The highest BCUT2D eigenvalue weighted by atomic mass is 16.5. The van der Waals surface area contributed by atoms with Gasteiger partial charge >= 0.3 is 0 Å². The summed E-state index contributed by atoms with van der Waals surface area (Å²) in [7, 11) is 0. The van der Waals surface area contributed by atoms with Gasteiger partial charge in [-0.05, 0) is 68.8 Å². The Morgan fingerprint density at radius 3 is 1.46 bits per heavy atom. The molecule has 0 aromatic heterocycles. The number of hydrogen-bond donors (Lipinski definition) is 2. The zero-order valence-electron chi connectivity index (χ0n) is 22.5. The SMILES string of the molecule is CCOc1ccc(NC(=O)C2CC(=O)N(CCCN3CC(C(=O)Nc4ccc(OCC)cc4)CC3=O)C2)cc1. The molecule has 10 nitrogen and oxygen atoms in total. The van der Waals surface area contributed by atoms with Gasteiger partial charge in [0.25, 0.3) is 0 Å². The van der Waals surface area contributed by atoms with E-state index < -0.39 is 11.8 Å². The molecule has 2 aromatic carbocycles. The van der Waals surface area contributed by atoms with Crippen molar-refractivity contribution < 1.29 is 28.7 Å². The first-order valence-electron chi connectivity index (χ1n) is 13.5. The van der Waals surface area contributed by atoms with Crippen molar-refractivity contribution in [3.8, 4) is 11.5 Å². The Labute approximate surface area is 228 Å². The Bertz CT molecular complexity index is 1080. The van der Waals surface area contributed by atoms with E-state index in [9.17, 15) is 19.2 Å². The summed E-state index contributed by atoms with van der Waals surface area (Å²) in [5.41, 5.74) is 1.31. The maximum atomic E-state index is 12.7. The number of benzene rings is 2. The minimum atomic E-state index is -0.423. The van der Waals surface area contributed by atoms with E-state index in [1.165, 1.54) is 0 Å². The van der Waals surface area contributed by atoms with Crippen molar-refractivity contribution in [1.82, 2.24) is 9.80 Å². The lowest BCUT2D eigenvalue weighted by molar-refractivity contribution is -0.129. The van der Waals surface area contributed by atoms with Crippen molar-refractivity contribution in [2.75, 3.05) is 50.0 Å². The molecule has 0 spiro atoms. The number of carbonyl (C=O) groups is 4. The third kappa shape index (κ3) is 7.49. The molecule has 0 bridgehead atoms. The zero-order chi connectivity index (χ0) is 27.8. The van der Waals surface area contributed by atoms with Crippen LogP contribution in [0.15, 0.2) is 48.5 Å². The number of likely N-dealkylation sites (tertiary alicyclic amines) is 2. The van der Waals surface area contributed by atoms with Crippen molar-refractivity contribution in [3.63, 3.8) is 0 Å². The van der Waals surface area contributed by atoms with Crippen LogP contribution >= 0.6 is 0 Å². The van der Waals surface area contributed by atoms with Crippen LogP contribution in [0.1, 0.15) is 33.1 Å². The number of ether oxygens (including phenoxy) is 2. The summed E-state index contributed by atoms with van der Waals surface area (Å²) >= 11 is 0. The molecule has 39 heavy (non-hydrogen) atoms. The highest BCUT2D eigenvalue weighted by Gasteiger charge is 2.36. The van der Waals surface area contributed by atoms with Gasteiger partial charge in [0.2, 0.25) is 23.6 Å². The Balaban J connectivity index is 1.19. The van der Waals surface area contributed by atoms with E-state index in [-0.39, 0.29) is 36.5 Å². The molecule has 2 unspecified atom stereocenters. The second kappa shape index (κ2) is 13.1. The van der Waals surface area contributed by atoms with Gasteiger partial charge in [-0.1, -0.05) is 0 Å². The number of amides is 4. The molecule has 10 heteroatoms. The van der Waals surface area contributed by atoms with Crippen LogP contribution in [-0.4, -0.2) is 72.8 Å². The summed E-state index contributed by atoms with van der Waals surface area (Å²) in [6, 6.07) is 14.3. The van der Waals surface area contributed by atoms with E-state index in [1.54, 1.807) is 58.3 Å². The first-order valence-corrected chi connectivity index (χ1v) is 13.5. The summed E-state index contributed by atoms with van der Waals surface area (Å²) in [5, 5.41) is 5.74.